The number of aromatic nitrogens is 4. The van der Waals surface area contributed by atoms with Crippen LogP contribution in [0.15, 0.2) is 79.0 Å². The van der Waals surface area contributed by atoms with E-state index in [-0.39, 0.29) is 11.9 Å². The van der Waals surface area contributed by atoms with Crippen LogP contribution < -0.4 is 0 Å². The molecule has 1 unspecified atom stereocenters. The Bertz CT molecular complexity index is 1450. The highest BCUT2D eigenvalue weighted by Gasteiger charge is 2.37. The van der Waals surface area contributed by atoms with Crippen molar-refractivity contribution in [2.45, 2.75) is 19.4 Å². The van der Waals surface area contributed by atoms with Crippen LogP contribution in [0.2, 0.25) is 0 Å². The molecule has 6 heteroatoms. The van der Waals surface area contributed by atoms with Gasteiger partial charge in [0.1, 0.15) is 17.6 Å². The topological polar surface area (TPSA) is 77.7 Å². The molecule has 5 aromatic rings. The van der Waals surface area contributed by atoms with Gasteiger partial charge in [-0.1, -0.05) is 54.6 Å². The summed E-state index contributed by atoms with van der Waals surface area (Å²) in [5.41, 5.74) is 6.39. The van der Waals surface area contributed by atoms with Gasteiger partial charge in [-0.2, -0.15) is 0 Å². The largest absolute Gasteiger partial charge is 0.356 e. The third kappa shape index (κ3) is 3.22. The number of nitrogens with one attached hydrogen (secondary N) is 2. The molecular formula is C27H23N5O. The van der Waals surface area contributed by atoms with E-state index in [1.807, 2.05) is 66.4 Å². The Kier molecular flexibility index (Phi) is 4.57. The Morgan fingerprint density at radius 3 is 2.58 bits per heavy atom. The van der Waals surface area contributed by atoms with E-state index in [0.29, 0.717) is 18.1 Å². The van der Waals surface area contributed by atoms with E-state index in [1.165, 1.54) is 10.9 Å². The lowest BCUT2D eigenvalue weighted by molar-refractivity contribution is 0.0682. The van der Waals surface area contributed by atoms with Crippen LogP contribution in [-0.2, 0) is 6.42 Å². The van der Waals surface area contributed by atoms with E-state index in [1.54, 1.807) is 6.20 Å². The Hall–Kier alpha value is -4.19. The summed E-state index contributed by atoms with van der Waals surface area (Å²) in [6.45, 7) is 2.50. The molecule has 3 aromatic heterocycles. The highest BCUT2D eigenvalue weighted by Crippen LogP contribution is 2.38. The van der Waals surface area contributed by atoms with Crippen molar-refractivity contribution in [3.8, 4) is 11.4 Å². The number of nitrogens with zero attached hydrogens (tertiary/aromatic N) is 3. The zero-order valence-corrected chi connectivity index (χ0v) is 18.2. The normalized spacial score (nSPS) is 15.5. The molecule has 33 heavy (non-hydrogen) atoms. The second-order valence-corrected chi connectivity index (χ2v) is 8.39. The molecule has 0 spiro atoms. The molecule has 1 aliphatic rings. The Balaban J connectivity index is 1.45. The van der Waals surface area contributed by atoms with Gasteiger partial charge in [-0.15, -0.1) is 0 Å². The fourth-order valence-electron chi connectivity index (χ4n) is 4.84. The number of benzene rings is 2. The number of rotatable bonds is 3. The first-order valence-corrected chi connectivity index (χ1v) is 11.1. The van der Waals surface area contributed by atoms with Crippen molar-refractivity contribution >= 4 is 16.8 Å². The van der Waals surface area contributed by atoms with Crippen molar-refractivity contribution in [2.24, 2.45) is 0 Å². The molecule has 4 heterocycles. The van der Waals surface area contributed by atoms with Crippen LogP contribution in [0.1, 0.15) is 39.2 Å². The third-order valence-corrected chi connectivity index (χ3v) is 6.40. The molecule has 1 amide bonds. The Morgan fingerprint density at radius 2 is 1.76 bits per heavy atom. The first-order chi connectivity index (χ1) is 16.2. The number of carbonyl (C=O) groups is 1. The number of aryl methyl sites for hydroxylation is 1. The van der Waals surface area contributed by atoms with Gasteiger partial charge in [0.2, 0.25) is 0 Å². The van der Waals surface area contributed by atoms with Crippen LogP contribution in [0.25, 0.3) is 22.3 Å². The number of fused-ring (bicyclic) bond motifs is 3. The van der Waals surface area contributed by atoms with Gasteiger partial charge in [0.25, 0.3) is 5.91 Å². The molecule has 6 nitrogen and oxygen atoms in total. The standard InChI is InChI=1S/C27H23N5O/c1-17-23(31-26(29-17)18-9-3-2-4-10-18)27(33)32-16-14-20-19-11-5-6-12-21(19)30-24(20)25(32)22-13-7-8-15-28-22/h2-13,15,25,30H,14,16H2,1H3,(H,29,31). The maximum atomic E-state index is 13.9. The number of hydrogen-bond acceptors (Lipinski definition) is 3. The minimum Gasteiger partial charge on any atom is -0.356 e. The summed E-state index contributed by atoms with van der Waals surface area (Å²) < 4.78 is 0. The fraction of sp³-hybridized carbons (Fsp3) is 0.148. The van der Waals surface area contributed by atoms with Crippen LogP contribution in [-0.4, -0.2) is 37.3 Å². The second-order valence-electron chi connectivity index (χ2n) is 8.39. The lowest BCUT2D eigenvalue weighted by atomic mass is 9.94. The number of para-hydroxylation sites is 1. The molecule has 0 radical (unpaired) electrons. The Morgan fingerprint density at radius 1 is 0.970 bits per heavy atom. The summed E-state index contributed by atoms with van der Waals surface area (Å²) in [5, 5.41) is 1.21. The van der Waals surface area contributed by atoms with Gasteiger partial charge in [0.05, 0.1) is 5.69 Å². The summed E-state index contributed by atoms with van der Waals surface area (Å²) in [6.07, 6.45) is 2.56. The summed E-state index contributed by atoms with van der Waals surface area (Å²) >= 11 is 0. The van der Waals surface area contributed by atoms with Gasteiger partial charge in [-0.05, 0) is 37.1 Å². The minimum atomic E-state index is -0.300. The third-order valence-electron chi connectivity index (χ3n) is 6.40. The maximum absolute atomic E-state index is 13.9. The highest BCUT2D eigenvalue weighted by molar-refractivity contribution is 5.95. The van der Waals surface area contributed by atoms with Crippen LogP contribution in [0.4, 0.5) is 0 Å². The molecule has 6 rings (SSSR count). The van der Waals surface area contributed by atoms with Gasteiger partial charge in [0.15, 0.2) is 0 Å². The molecule has 1 aliphatic heterocycles. The molecule has 162 valence electrons. The SMILES string of the molecule is Cc1[nH]c(-c2ccccc2)nc1C(=O)N1CCc2c([nH]c3ccccc23)C1c1ccccn1. The van der Waals surface area contributed by atoms with Gasteiger partial charge >= 0.3 is 0 Å². The van der Waals surface area contributed by atoms with Crippen molar-refractivity contribution in [2.75, 3.05) is 6.54 Å². The monoisotopic (exact) mass is 433 g/mol. The number of hydrogen-bond donors (Lipinski definition) is 2. The molecule has 0 saturated carbocycles. The molecular weight excluding hydrogens is 410 g/mol. The lowest BCUT2D eigenvalue weighted by Crippen LogP contribution is -2.41. The number of pyridine rings is 1. The number of H-pyrrole nitrogens is 2. The van der Waals surface area contributed by atoms with E-state index < -0.39 is 0 Å². The molecule has 2 aromatic carbocycles. The van der Waals surface area contributed by atoms with E-state index in [0.717, 1.165) is 34.6 Å². The zero-order chi connectivity index (χ0) is 22.4. The van der Waals surface area contributed by atoms with Crippen LogP contribution in [0.3, 0.4) is 0 Å². The minimum absolute atomic E-state index is 0.0918. The van der Waals surface area contributed by atoms with E-state index >= 15 is 0 Å². The predicted molar refractivity (Wildman–Crippen MR) is 128 cm³/mol. The summed E-state index contributed by atoms with van der Waals surface area (Å²) in [4.78, 5) is 32.0. The van der Waals surface area contributed by atoms with Crippen molar-refractivity contribution in [3.05, 3.63) is 107 Å². The summed E-state index contributed by atoms with van der Waals surface area (Å²) in [5.74, 6) is 0.611. The van der Waals surface area contributed by atoms with E-state index in [4.69, 9.17) is 4.98 Å². The number of carbonyl (C=O) groups excluding carboxylic acids is 1. The maximum Gasteiger partial charge on any atom is 0.275 e. The summed E-state index contributed by atoms with van der Waals surface area (Å²) in [6, 6.07) is 23.7. The molecule has 0 saturated heterocycles. The van der Waals surface area contributed by atoms with Crippen LogP contribution in [0.5, 0.6) is 0 Å². The first kappa shape index (κ1) is 19.5. The van der Waals surface area contributed by atoms with Crippen LogP contribution >= 0.6 is 0 Å². The van der Waals surface area contributed by atoms with Gasteiger partial charge in [-0.25, -0.2) is 4.98 Å². The molecule has 1 atom stereocenters. The summed E-state index contributed by atoms with van der Waals surface area (Å²) in [7, 11) is 0. The molecule has 0 aliphatic carbocycles. The van der Waals surface area contributed by atoms with Crippen molar-refractivity contribution in [1.82, 2.24) is 24.8 Å². The number of amides is 1. The Labute approximate surface area is 191 Å². The smallest absolute Gasteiger partial charge is 0.275 e. The molecule has 2 N–H and O–H groups in total. The van der Waals surface area contributed by atoms with Crippen molar-refractivity contribution in [1.29, 1.82) is 0 Å². The van der Waals surface area contributed by atoms with E-state index in [2.05, 4.69) is 33.2 Å². The number of aromatic amines is 2. The fourth-order valence-corrected chi connectivity index (χ4v) is 4.84. The van der Waals surface area contributed by atoms with Crippen molar-refractivity contribution in [3.63, 3.8) is 0 Å². The predicted octanol–water partition coefficient (Wildman–Crippen LogP) is 5.05. The number of imidazole rings is 1. The van der Waals surface area contributed by atoms with Crippen LogP contribution in [0, 0.1) is 6.92 Å². The lowest BCUT2D eigenvalue weighted by Gasteiger charge is -2.35. The average molecular weight is 434 g/mol. The van der Waals surface area contributed by atoms with Gasteiger partial charge in [-0.3, -0.25) is 9.78 Å². The average Bonchev–Trinajstić information content (AvgIpc) is 3.44. The molecule has 0 fully saturated rings. The highest BCUT2D eigenvalue weighted by atomic mass is 16.2. The van der Waals surface area contributed by atoms with Gasteiger partial charge < -0.3 is 14.9 Å². The van der Waals surface area contributed by atoms with E-state index in [9.17, 15) is 4.79 Å². The zero-order valence-electron chi connectivity index (χ0n) is 18.2. The molecule has 0 bridgehead atoms. The van der Waals surface area contributed by atoms with Crippen molar-refractivity contribution < 1.29 is 4.79 Å². The quantitative estimate of drug-likeness (QED) is 0.418. The van der Waals surface area contributed by atoms with Gasteiger partial charge in [0, 0.05) is 40.6 Å². The first-order valence-electron chi connectivity index (χ1n) is 11.1. The second kappa shape index (κ2) is 7.74.